The van der Waals surface area contributed by atoms with Crippen LogP contribution in [0.1, 0.15) is 51.7 Å². The molecule has 10 aromatic rings. The maximum atomic E-state index is 2.48. The fourth-order valence-electron chi connectivity index (χ4n) is 9.89. The number of rotatable bonds is 5. The van der Waals surface area contributed by atoms with Crippen molar-refractivity contribution in [2.75, 3.05) is 0 Å². The maximum Gasteiger partial charge on any atom is 0.0541 e. The van der Waals surface area contributed by atoms with Crippen molar-refractivity contribution < 1.29 is 0 Å². The zero-order chi connectivity index (χ0) is 39.2. The first-order chi connectivity index (χ1) is 28.2. The molecule has 0 saturated carbocycles. The third-order valence-corrected chi connectivity index (χ3v) is 13.2. The lowest BCUT2D eigenvalue weighted by Gasteiger charge is -2.42. The van der Waals surface area contributed by atoms with Crippen molar-refractivity contribution in [3.8, 4) is 44.8 Å². The number of hydrogen-bond acceptors (Lipinski definition) is 0. The van der Waals surface area contributed by atoms with Gasteiger partial charge in [-0.2, -0.15) is 0 Å². The third kappa shape index (κ3) is 5.46. The van der Waals surface area contributed by atoms with E-state index in [0.29, 0.717) is 0 Å². The Bertz CT molecular complexity index is 3210. The van der Waals surface area contributed by atoms with Gasteiger partial charge in [0.05, 0.1) is 22.1 Å². The van der Waals surface area contributed by atoms with E-state index in [-0.39, 0.29) is 10.8 Å². The summed E-state index contributed by atoms with van der Waals surface area (Å²) in [6, 6.07) is 67.6. The standard InChI is InChI=1S/C56H46N2/c1-55(2)30-31-56(3,4)50-36-42(22-26-49(50)55)38-16-13-19-44(32-38)58-51-21-12-11-20-45(51)46-34-40(24-28-52(46)58)41-25-29-54-48(35-41)47-33-39(37-14-7-5-8-15-37)23-27-53(47)57(54)43-17-9-6-10-18-43/h5-29,32-36H,30-31H2,1-4H3. The number of nitrogens with zero attached hydrogens (tertiary/aromatic N) is 2. The van der Waals surface area contributed by atoms with Gasteiger partial charge in [0.15, 0.2) is 0 Å². The number of aromatic nitrogens is 2. The monoisotopic (exact) mass is 746 g/mol. The van der Waals surface area contributed by atoms with Crippen molar-refractivity contribution in [2.24, 2.45) is 0 Å². The minimum Gasteiger partial charge on any atom is -0.309 e. The topological polar surface area (TPSA) is 9.86 Å². The molecule has 0 radical (unpaired) electrons. The fraction of sp³-hybridized carbons (Fsp3) is 0.143. The lowest BCUT2D eigenvalue weighted by atomic mass is 9.63. The molecule has 1 aliphatic rings. The van der Waals surface area contributed by atoms with Crippen LogP contribution in [-0.4, -0.2) is 9.13 Å². The Morgan fingerprint density at radius 2 is 0.741 bits per heavy atom. The fourth-order valence-corrected chi connectivity index (χ4v) is 9.89. The van der Waals surface area contributed by atoms with Crippen LogP contribution in [-0.2, 0) is 10.8 Å². The summed E-state index contributed by atoms with van der Waals surface area (Å²) in [6.45, 7) is 9.63. The molecule has 8 aromatic carbocycles. The largest absolute Gasteiger partial charge is 0.309 e. The van der Waals surface area contributed by atoms with E-state index in [0.717, 1.165) is 0 Å². The second kappa shape index (κ2) is 12.9. The van der Waals surface area contributed by atoms with Gasteiger partial charge in [-0.25, -0.2) is 0 Å². The Morgan fingerprint density at radius 1 is 0.310 bits per heavy atom. The van der Waals surface area contributed by atoms with Crippen molar-refractivity contribution in [1.82, 2.24) is 9.13 Å². The molecule has 0 fully saturated rings. The van der Waals surface area contributed by atoms with Gasteiger partial charge in [0.2, 0.25) is 0 Å². The van der Waals surface area contributed by atoms with Crippen molar-refractivity contribution in [2.45, 2.75) is 51.4 Å². The normalized spacial score (nSPS) is 14.7. The molecule has 2 aromatic heterocycles. The van der Waals surface area contributed by atoms with Crippen molar-refractivity contribution in [3.05, 3.63) is 193 Å². The van der Waals surface area contributed by atoms with Gasteiger partial charge in [0.1, 0.15) is 0 Å². The Kier molecular flexibility index (Phi) is 7.72. The highest BCUT2D eigenvalue weighted by Crippen LogP contribution is 2.47. The molecule has 2 heteroatoms. The van der Waals surface area contributed by atoms with Crippen LogP contribution in [0, 0.1) is 0 Å². The van der Waals surface area contributed by atoms with E-state index >= 15 is 0 Å². The Hall–Kier alpha value is -6.64. The van der Waals surface area contributed by atoms with E-state index in [2.05, 4.69) is 219 Å². The summed E-state index contributed by atoms with van der Waals surface area (Å²) in [7, 11) is 0. The summed E-state index contributed by atoms with van der Waals surface area (Å²) in [6.07, 6.45) is 2.43. The first kappa shape index (κ1) is 34.6. The summed E-state index contributed by atoms with van der Waals surface area (Å²) in [5.74, 6) is 0. The van der Waals surface area contributed by atoms with Crippen LogP contribution < -0.4 is 0 Å². The second-order valence-electron chi connectivity index (χ2n) is 17.7. The van der Waals surface area contributed by atoms with E-state index in [9.17, 15) is 0 Å². The Labute approximate surface area is 340 Å². The van der Waals surface area contributed by atoms with Crippen LogP contribution in [0.25, 0.3) is 88.4 Å². The summed E-state index contributed by atoms with van der Waals surface area (Å²) >= 11 is 0. The van der Waals surface area contributed by atoms with Gasteiger partial charge in [-0.15, -0.1) is 0 Å². The molecule has 1 aliphatic carbocycles. The highest BCUT2D eigenvalue weighted by molar-refractivity contribution is 6.13. The molecule has 0 saturated heterocycles. The van der Waals surface area contributed by atoms with Gasteiger partial charge in [0, 0.05) is 32.9 Å². The number of hydrogen-bond donors (Lipinski definition) is 0. The lowest BCUT2D eigenvalue weighted by molar-refractivity contribution is 0.332. The van der Waals surface area contributed by atoms with Crippen molar-refractivity contribution in [3.63, 3.8) is 0 Å². The van der Waals surface area contributed by atoms with E-state index in [1.165, 1.54) is 112 Å². The number of benzene rings is 8. The quantitative estimate of drug-likeness (QED) is 0.166. The molecule has 0 aliphatic heterocycles. The summed E-state index contributed by atoms with van der Waals surface area (Å²) in [5.41, 5.74) is 18.0. The van der Waals surface area contributed by atoms with Crippen LogP contribution in [0.15, 0.2) is 182 Å². The third-order valence-electron chi connectivity index (χ3n) is 13.2. The molecule has 0 atom stereocenters. The Balaban J connectivity index is 1.05. The van der Waals surface area contributed by atoms with Crippen LogP contribution >= 0.6 is 0 Å². The first-order valence-electron chi connectivity index (χ1n) is 20.7. The highest BCUT2D eigenvalue weighted by Gasteiger charge is 2.37. The van der Waals surface area contributed by atoms with Crippen molar-refractivity contribution >= 4 is 43.6 Å². The van der Waals surface area contributed by atoms with E-state index in [4.69, 9.17) is 0 Å². The van der Waals surface area contributed by atoms with Crippen molar-refractivity contribution in [1.29, 1.82) is 0 Å². The predicted molar refractivity (Wildman–Crippen MR) is 247 cm³/mol. The number of fused-ring (bicyclic) bond motifs is 7. The smallest absolute Gasteiger partial charge is 0.0541 e. The van der Waals surface area contributed by atoms with Crippen LogP contribution in [0.3, 0.4) is 0 Å². The summed E-state index contributed by atoms with van der Waals surface area (Å²) in [5, 5.41) is 5.03. The van der Waals surface area contributed by atoms with Crippen LogP contribution in [0.2, 0.25) is 0 Å². The van der Waals surface area contributed by atoms with Crippen LogP contribution in [0.5, 0.6) is 0 Å². The average molecular weight is 747 g/mol. The first-order valence-corrected chi connectivity index (χ1v) is 20.7. The molecule has 0 N–H and O–H groups in total. The van der Waals surface area contributed by atoms with E-state index < -0.39 is 0 Å². The predicted octanol–water partition coefficient (Wildman–Crippen LogP) is 15.2. The van der Waals surface area contributed by atoms with Crippen LogP contribution in [0.4, 0.5) is 0 Å². The van der Waals surface area contributed by atoms with Gasteiger partial charge < -0.3 is 9.13 Å². The molecule has 58 heavy (non-hydrogen) atoms. The Morgan fingerprint density at radius 3 is 1.40 bits per heavy atom. The molecule has 0 spiro atoms. The van der Waals surface area contributed by atoms with Gasteiger partial charge >= 0.3 is 0 Å². The lowest BCUT2D eigenvalue weighted by Crippen LogP contribution is -2.33. The summed E-state index contributed by atoms with van der Waals surface area (Å²) in [4.78, 5) is 0. The highest BCUT2D eigenvalue weighted by atomic mass is 15.0. The molecule has 280 valence electrons. The van der Waals surface area contributed by atoms with E-state index in [1.54, 1.807) is 0 Å². The molecular formula is C56H46N2. The van der Waals surface area contributed by atoms with E-state index in [1.807, 2.05) is 0 Å². The molecular weight excluding hydrogens is 701 g/mol. The molecule has 0 unspecified atom stereocenters. The zero-order valence-electron chi connectivity index (χ0n) is 33.6. The minimum absolute atomic E-state index is 0.164. The SMILES string of the molecule is CC1(C)CCC(C)(C)c2cc(-c3cccc(-n4c5ccccc5c5cc(-c6ccc7c(c6)c6cc(-c8ccccc8)ccc6n7-c6ccccc6)ccc54)c3)ccc21. The molecule has 0 amide bonds. The minimum atomic E-state index is 0.164. The van der Waals surface area contributed by atoms with Gasteiger partial charge in [-0.05, 0) is 135 Å². The van der Waals surface area contributed by atoms with Gasteiger partial charge in [-0.1, -0.05) is 143 Å². The molecule has 0 bridgehead atoms. The zero-order valence-corrected chi connectivity index (χ0v) is 33.6. The maximum absolute atomic E-state index is 2.48. The van der Waals surface area contributed by atoms with Gasteiger partial charge in [0.25, 0.3) is 0 Å². The number of para-hydroxylation sites is 2. The average Bonchev–Trinajstić information content (AvgIpc) is 3.77. The van der Waals surface area contributed by atoms with Gasteiger partial charge in [-0.3, -0.25) is 0 Å². The molecule has 2 nitrogen and oxygen atoms in total. The molecule has 2 heterocycles. The second-order valence-corrected chi connectivity index (χ2v) is 17.7. The molecule has 11 rings (SSSR count). The summed E-state index contributed by atoms with van der Waals surface area (Å²) < 4.78 is 4.85.